The fourth-order valence-electron chi connectivity index (χ4n) is 1.25. The maximum atomic E-state index is 13.6. The van der Waals surface area contributed by atoms with E-state index in [4.69, 9.17) is 23.2 Å². The largest absolute Gasteiger partial charge is 0.344 e. The van der Waals surface area contributed by atoms with E-state index in [1.54, 1.807) is 19.9 Å². The summed E-state index contributed by atoms with van der Waals surface area (Å²) in [5, 5.41) is 2.63. The van der Waals surface area contributed by atoms with Gasteiger partial charge in [-0.3, -0.25) is 4.79 Å². The third-order valence-electron chi connectivity index (χ3n) is 2.37. The Hall–Kier alpha value is -0.800. The topological polar surface area (TPSA) is 29.1 Å². The molecule has 1 rings (SSSR count). The molecule has 1 aromatic rings. The van der Waals surface area contributed by atoms with Crippen LogP contribution < -0.4 is 5.32 Å². The van der Waals surface area contributed by atoms with Gasteiger partial charge < -0.3 is 5.32 Å². The number of benzene rings is 1. The third kappa shape index (κ3) is 3.58. The molecule has 1 amide bonds. The lowest BCUT2D eigenvalue weighted by Gasteiger charge is -2.26. The zero-order valence-electron chi connectivity index (χ0n) is 9.69. The van der Waals surface area contributed by atoms with E-state index in [-0.39, 0.29) is 17.3 Å². The fraction of sp³-hybridized carbons (Fsp3) is 0.417. The van der Waals surface area contributed by atoms with Gasteiger partial charge in [-0.2, -0.15) is 0 Å². The van der Waals surface area contributed by atoms with Crippen LogP contribution in [0.1, 0.15) is 22.8 Å². The second-order valence-corrected chi connectivity index (χ2v) is 4.80. The molecule has 0 saturated carbocycles. The predicted molar refractivity (Wildman–Crippen MR) is 68.4 cm³/mol. The first kappa shape index (κ1) is 14.3. The SMILES string of the molecule is Cc1ccc(C(=O)NC(C)(CCl)CCl)c(F)c1. The lowest BCUT2D eigenvalue weighted by atomic mass is 10.1. The van der Waals surface area contributed by atoms with Crippen molar-refractivity contribution in [2.24, 2.45) is 0 Å². The monoisotopic (exact) mass is 277 g/mol. The van der Waals surface area contributed by atoms with E-state index in [2.05, 4.69) is 5.32 Å². The number of nitrogens with one attached hydrogen (secondary N) is 1. The van der Waals surface area contributed by atoms with E-state index in [0.29, 0.717) is 0 Å². The van der Waals surface area contributed by atoms with Crippen molar-refractivity contribution in [2.45, 2.75) is 19.4 Å². The number of hydrogen-bond donors (Lipinski definition) is 1. The highest BCUT2D eigenvalue weighted by atomic mass is 35.5. The molecule has 0 aliphatic rings. The Bertz CT molecular complexity index is 419. The van der Waals surface area contributed by atoms with E-state index < -0.39 is 17.3 Å². The molecule has 0 heterocycles. The van der Waals surface area contributed by atoms with Crippen LogP contribution in [0, 0.1) is 12.7 Å². The summed E-state index contributed by atoms with van der Waals surface area (Å²) >= 11 is 11.4. The van der Waals surface area contributed by atoms with Crippen LogP contribution in [0.25, 0.3) is 0 Å². The summed E-state index contributed by atoms with van der Waals surface area (Å²) in [6, 6.07) is 4.44. The van der Waals surface area contributed by atoms with Gasteiger partial charge in [0.1, 0.15) is 5.82 Å². The molecule has 0 atom stereocenters. The first-order valence-electron chi connectivity index (χ1n) is 5.12. The quantitative estimate of drug-likeness (QED) is 0.842. The second kappa shape index (κ2) is 5.69. The Morgan fingerprint density at radius 2 is 2.00 bits per heavy atom. The summed E-state index contributed by atoms with van der Waals surface area (Å²) in [5.74, 6) is -0.730. The van der Waals surface area contributed by atoms with Crippen LogP contribution in [-0.4, -0.2) is 23.2 Å². The van der Waals surface area contributed by atoms with Crippen LogP contribution in [-0.2, 0) is 0 Å². The molecular weight excluding hydrogens is 264 g/mol. The van der Waals surface area contributed by atoms with E-state index >= 15 is 0 Å². The average molecular weight is 278 g/mol. The lowest BCUT2D eigenvalue weighted by molar-refractivity contribution is 0.0917. The molecular formula is C12H14Cl2FNO. The van der Waals surface area contributed by atoms with Gasteiger partial charge in [-0.25, -0.2) is 4.39 Å². The number of rotatable bonds is 4. The van der Waals surface area contributed by atoms with E-state index in [1.807, 2.05) is 0 Å². The molecule has 0 bridgehead atoms. The molecule has 0 saturated heterocycles. The summed E-state index contributed by atoms with van der Waals surface area (Å²) in [5.41, 5.74) is 0.0194. The number of carbonyl (C=O) groups is 1. The highest BCUT2D eigenvalue weighted by Crippen LogP contribution is 2.14. The number of carbonyl (C=O) groups excluding carboxylic acids is 1. The minimum Gasteiger partial charge on any atom is -0.344 e. The highest BCUT2D eigenvalue weighted by Gasteiger charge is 2.25. The summed E-state index contributed by atoms with van der Waals surface area (Å²) in [6.07, 6.45) is 0. The first-order valence-corrected chi connectivity index (χ1v) is 6.19. The summed E-state index contributed by atoms with van der Waals surface area (Å²) < 4.78 is 13.6. The smallest absolute Gasteiger partial charge is 0.254 e. The maximum Gasteiger partial charge on any atom is 0.254 e. The Morgan fingerprint density at radius 3 is 2.47 bits per heavy atom. The van der Waals surface area contributed by atoms with Crippen LogP contribution in [0.15, 0.2) is 18.2 Å². The minimum absolute atomic E-state index is 0.00272. The number of amides is 1. The normalized spacial score (nSPS) is 11.4. The molecule has 2 nitrogen and oxygen atoms in total. The van der Waals surface area contributed by atoms with Crippen molar-refractivity contribution in [1.29, 1.82) is 0 Å². The second-order valence-electron chi connectivity index (χ2n) is 4.27. The Kier molecular flexibility index (Phi) is 4.78. The minimum atomic E-state index is -0.739. The van der Waals surface area contributed by atoms with Crippen LogP contribution >= 0.6 is 23.2 Å². The molecule has 5 heteroatoms. The molecule has 1 N–H and O–H groups in total. The summed E-state index contributed by atoms with van der Waals surface area (Å²) in [4.78, 5) is 11.8. The van der Waals surface area contributed by atoms with Crippen LogP contribution in [0.3, 0.4) is 0 Å². The maximum absolute atomic E-state index is 13.6. The van der Waals surface area contributed by atoms with E-state index in [9.17, 15) is 9.18 Å². The van der Waals surface area contributed by atoms with Gasteiger partial charge in [-0.05, 0) is 31.5 Å². The van der Waals surface area contributed by atoms with Gasteiger partial charge in [0, 0.05) is 11.8 Å². The van der Waals surface area contributed by atoms with Crippen molar-refractivity contribution < 1.29 is 9.18 Å². The standard InChI is InChI=1S/C12H14Cl2FNO/c1-8-3-4-9(10(15)5-8)11(17)16-12(2,6-13)7-14/h3-5H,6-7H2,1-2H3,(H,16,17). The molecule has 1 aromatic carbocycles. The molecule has 0 unspecified atom stereocenters. The van der Waals surface area contributed by atoms with Gasteiger partial charge in [-0.15, -0.1) is 23.2 Å². The van der Waals surface area contributed by atoms with Gasteiger partial charge in [0.25, 0.3) is 5.91 Å². The molecule has 0 spiro atoms. The molecule has 94 valence electrons. The van der Waals surface area contributed by atoms with Crippen molar-refractivity contribution in [3.8, 4) is 0 Å². The molecule has 17 heavy (non-hydrogen) atoms. The van der Waals surface area contributed by atoms with Crippen molar-refractivity contribution in [2.75, 3.05) is 11.8 Å². The fourth-order valence-corrected chi connectivity index (χ4v) is 1.67. The third-order valence-corrected chi connectivity index (χ3v) is 3.55. The molecule has 0 aliphatic heterocycles. The van der Waals surface area contributed by atoms with Crippen LogP contribution in [0.2, 0.25) is 0 Å². The number of alkyl halides is 2. The summed E-state index contributed by atoms with van der Waals surface area (Å²) in [7, 11) is 0. The number of hydrogen-bond acceptors (Lipinski definition) is 1. The van der Waals surface area contributed by atoms with Gasteiger partial charge in [0.2, 0.25) is 0 Å². The van der Waals surface area contributed by atoms with Gasteiger partial charge in [0.15, 0.2) is 0 Å². The molecule has 0 aromatic heterocycles. The van der Waals surface area contributed by atoms with Gasteiger partial charge in [-0.1, -0.05) is 6.07 Å². The van der Waals surface area contributed by atoms with Crippen molar-refractivity contribution >= 4 is 29.1 Å². The molecule has 0 radical (unpaired) electrons. The lowest BCUT2D eigenvalue weighted by Crippen LogP contribution is -2.49. The Morgan fingerprint density at radius 1 is 1.41 bits per heavy atom. The molecule has 0 fully saturated rings. The Labute approximate surface area is 110 Å². The van der Waals surface area contributed by atoms with Crippen molar-refractivity contribution in [3.05, 3.63) is 35.1 Å². The highest BCUT2D eigenvalue weighted by molar-refractivity contribution is 6.22. The zero-order valence-corrected chi connectivity index (χ0v) is 11.2. The first-order chi connectivity index (χ1) is 7.91. The van der Waals surface area contributed by atoms with Crippen molar-refractivity contribution in [1.82, 2.24) is 5.32 Å². The van der Waals surface area contributed by atoms with Gasteiger partial charge >= 0.3 is 0 Å². The van der Waals surface area contributed by atoms with E-state index in [1.165, 1.54) is 12.1 Å². The number of halogens is 3. The summed E-state index contributed by atoms with van der Waals surface area (Å²) in [6.45, 7) is 3.46. The van der Waals surface area contributed by atoms with Crippen LogP contribution in [0.4, 0.5) is 4.39 Å². The molecule has 0 aliphatic carbocycles. The van der Waals surface area contributed by atoms with E-state index in [0.717, 1.165) is 5.56 Å². The predicted octanol–water partition coefficient (Wildman–Crippen LogP) is 3.10. The average Bonchev–Trinajstić information content (AvgIpc) is 2.28. The van der Waals surface area contributed by atoms with Crippen LogP contribution in [0.5, 0.6) is 0 Å². The number of aryl methyl sites for hydroxylation is 1. The van der Waals surface area contributed by atoms with Crippen molar-refractivity contribution in [3.63, 3.8) is 0 Å². The Balaban J connectivity index is 2.90. The van der Waals surface area contributed by atoms with Gasteiger partial charge in [0.05, 0.1) is 11.1 Å². The zero-order chi connectivity index (χ0) is 13.1.